The van der Waals surface area contributed by atoms with Crippen molar-refractivity contribution in [3.63, 3.8) is 0 Å². The normalized spacial score (nSPS) is 33.2. The SMILES string of the molecule is CC1CCCC(N2CCCC(CNCC(=O)O)C2)C1. The van der Waals surface area contributed by atoms with E-state index in [1.165, 1.54) is 45.1 Å². The molecule has 0 spiro atoms. The highest BCUT2D eigenvalue weighted by Crippen LogP contribution is 2.30. The Morgan fingerprint density at radius 1 is 1.32 bits per heavy atom. The Hall–Kier alpha value is -0.610. The first-order chi connectivity index (χ1) is 9.15. The van der Waals surface area contributed by atoms with Crippen LogP contribution in [0.4, 0.5) is 0 Å². The molecule has 1 saturated heterocycles. The van der Waals surface area contributed by atoms with Crippen LogP contribution < -0.4 is 5.32 Å². The summed E-state index contributed by atoms with van der Waals surface area (Å²) >= 11 is 0. The van der Waals surface area contributed by atoms with Crippen molar-refractivity contribution < 1.29 is 9.90 Å². The first kappa shape index (κ1) is 14.8. The van der Waals surface area contributed by atoms with E-state index in [0.29, 0.717) is 5.92 Å². The monoisotopic (exact) mass is 268 g/mol. The van der Waals surface area contributed by atoms with Crippen molar-refractivity contribution in [2.24, 2.45) is 11.8 Å². The molecule has 0 aromatic heterocycles. The summed E-state index contributed by atoms with van der Waals surface area (Å²) in [7, 11) is 0. The Labute approximate surface area is 116 Å². The molecule has 1 saturated carbocycles. The number of rotatable bonds is 5. The highest BCUT2D eigenvalue weighted by molar-refractivity contribution is 5.68. The van der Waals surface area contributed by atoms with Gasteiger partial charge in [-0.15, -0.1) is 0 Å². The van der Waals surface area contributed by atoms with Gasteiger partial charge in [-0.25, -0.2) is 0 Å². The molecule has 0 amide bonds. The molecule has 0 radical (unpaired) electrons. The van der Waals surface area contributed by atoms with Gasteiger partial charge in [0.15, 0.2) is 0 Å². The molecule has 4 heteroatoms. The van der Waals surface area contributed by atoms with Gasteiger partial charge in [-0.2, -0.15) is 0 Å². The van der Waals surface area contributed by atoms with Crippen molar-refractivity contribution in [2.45, 2.75) is 51.5 Å². The molecule has 3 atom stereocenters. The molecule has 3 unspecified atom stereocenters. The average Bonchev–Trinajstić information content (AvgIpc) is 2.39. The molecule has 2 N–H and O–H groups in total. The van der Waals surface area contributed by atoms with Crippen LogP contribution >= 0.6 is 0 Å². The Bertz CT molecular complexity index is 296. The van der Waals surface area contributed by atoms with Crippen LogP contribution in [0.1, 0.15) is 45.4 Å². The van der Waals surface area contributed by atoms with Gasteiger partial charge < -0.3 is 15.3 Å². The molecule has 1 aliphatic carbocycles. The number of likely N-dealkylation sites (tertiary alicyclic amines) is 1. The number of nitrogens with one attached hydrogen (secondary N) is 1. The fourth-order valence-corrected chi connectivity index (χ4v) is 3.71. The predicted octanol–water partition coefficient (Wildman–Crippen LogP) is 1.95. The molecular formula is C15H28N2O2. The van der Waals surface area contributed by atoms with Crippen molar-refractivity contribution in [3.05, 3.63) is 0 Å². The Kier molecular flexibility index (Phi) is 5.64. The molecule has 110 valence electrons. The number of piperidine rings is 1. The summed E-state index contributed by atoms with van der Waals surface area (Å²) in [6.45, 7) is 5.72. The molecule has 1 heterocycles. The molecule has 19 heavy (non-hydrogen) atoms. The number of carboxylic acid groups (broad SMARTS) is 1. The summed E-state index contributed by atoms with van der Waals surface area (Å²) in [5.74, 6) is 0.753. The van der Waals surface area contributed by atoms with E-state index in [1.54, 1.807) is 0 Å². The van der Waals surface area contributed by atoms with Crippen LogP contribution in [0.25, 0.3) is 0 Å². The zero-order valence-electron chi connectivity index (χ0n) is 12.1. The second-order valence-corrected chi connectivity index (χ2v) is 6.45. The van der Waals surface area contributed by atoms with Gasteiger partial charge in [0.1, 0.15) is 0 Å². The number of hydrogen-bond donors (Lipinski definition) is 2. The minimum Gasteiger partial charge on any atom is -0.480 e. The van der Waals surface area contributed by atoms with Crippen LogP contribution in [0, 0.1) is 11.8 Å². The summed E-state index contributed by atoms with van der Waals surface area (Å²) in [6.07, 6.45) is 8.00. The van der Waals surface area contributed by atoms with Crippen molar-refractivity contribution in [1.29, 1.82) is 0 Å². The third-order valence-electron chi connectivity index (χ3n) is 4.68. The smallest absolute Gasteiger partial charge is 0.317 e. The molecule has 0 bridgehead atoms. The number of carbonyl (C=O) groups is 1. The Balaban J connectivity index is 1.74. The number of nitrogens with zero attached hydrogens (tertiary/aromatic N) is 1. The van der Waals surface area contributed by atoms with E-state index in [1.807, 2.05) is 0 Å². The number of carboxylic acids is 1. The Morgan fingerprint density at radius 2 is 2.16 bits per heavy atom. The van der Waals surface area contributed by atoms with Gasteiger partial charge in [0.25, 0.3) is 0 Å². The number of hydrogen-bond acceptors (Lipinski definition) is 3. The fourth-order valence-electron chi connectivity index (χ4n) is 3.71. The van der Waals surface area contributed by atoms with E-state index in [4.69, 9.17) is 5.11 Å². The fraction of sp³-hybridized carbons (Fsp3) is 0.933. The van der Waals surface area contributed by atoms with Crippen molar-refractivity contribution >= 4 is 5.97 Å². The average molecular weight is 268 g/mol. The van der Waals surface area contributed by atoms with Gasteiger partial charge in [-0.05, 0) is 50.6 Å². The summed E-state index contributed by atoms with van der Waals surface area (Å²) < 4.78 is 0. The zero-order valence-corrected chi connectivity index (χ0v) is 12.1. The van der Waals surface area contributed by atoms with Gasteiger partial charge in [0, 0.05) is 12.6 Å². The highest BCUT2D eigenvalue weighted by atomic mass is 16.4. The molecule has 4 nitrogen and oxygen atoms in total. The molecule has 1 aliphatic heterocycles. The van der Waals surface area contributed by atoms with E-state index < -0.39 is 5.97 Å². The lowest BCUT2D eigenvalue weighted by atomic mass is 9.84. The lowest BCUT2D eigenvalue weighted by molar-refractivity contribution is -0.136. The predicted molar refractivity (Wildman–Crippen MR) is 76.2 cm³/mol. The second kappa shape index (κ2) is 7.25. The second-order valence-electron chi connectivity index (χ2n) is 6.45. The maximum Gasteiger partial charge on any atom is 0.317 e. The van der Waals surface area contributed by atoms with Crippen LogP contribution in [-0.2, 0) is 4.79 Å². The quantitative estimate of drug-likeness (QED) is 0.800. The first-order valence-corrected chi connectivity index (χ1v) is 7.81. The van der Waals surface area contributed by atoms with Crippen LogP contribution in [0.15, 0.2) is 0 Å². The van der Waals surface area contributed by atoms with E-state index >= 15 is 0 Å². The van der Waals surface area contributed by atoms with Gasteiger partial charge in [-0.1, -0.05) is 19.8 Å². The highest BCUT2D eigenvalue weighted by Gasteiger charge is 2.28. The zero-order chi connectivity index (χ0) is 13.7. The minimum atomic E-state index is -0.756. The molecule has 0 aromatic rings. The molecular weight excluding hydrogens is 240 g/mol. The molecule has 2 aliphatic rings. The van der Waals surface area contributed by atoms with Gasteiger partial charge in [0.05, 0.1) is 6.54 Å². The summed E-state index contributed by atoms with van der Waals surface area (Å²) in [5.41, 5.74) is 0. The first-order valence-electron chi connectivity index (χ1n) is 7.81. The summed E-state index contributed by atoms with van der Waals surface area (Å²) in [6, 6.07) is 0.783. The van der Waals surface area contributed by atoms with E-state index in [-0.39, 0.29) is 6.54 Å². The number of aliphatic carboxylic acids is 1. The Morgan fingerprint density at radius 3 is 2.89 bits per heavy atom. The van der Waals surface area contributed by atoms with Gasteiger partial charge in [0.2, 0.25) is 0 Å². The minimum absolute atomic E-state index is 0.0942. The van der Waals surface area contributed by atoms with Crippen LogP contribution in [0.5, 0.6) is 0 Å². The van der Waals surface area contributed by atoms with Gasteiger partial charge >= 0.3 is 5.97 Å². The lowest BCUT2D eigenvalue weighted by Gasteiger charge is -2.41. The maximum absolute atomic E-state index is 10.5. The molecule has 2 rings (SSSR count). The van der Waals surface area contributed by atoms with Crippen molar-refractivity contribution in [2.75, 3.05) is 26.2 Å². The maximum atomic E-state index is 10.5. The van der Waals surface area contributed by atoms with Gasteiger partial charge in [-0.3, -0.25) is 4.79 Å². The van der Waals surface area contributed by atoms with Crippen molar-refractivity contribution in [3.8, 4) is 0 Å². The largest absolute Gasteiger partial charge is 0.480 e. The van der Waals surface area contributed by atoms with Crippen LogP contribution in [0.2, 0.25) is 0 Å². The van der Waals surface area contributed by atoms with Crippen LogP contribution in [-0.4, -0.2) is 48.2 Å². The molecule has 2 fully saturated rings. The standard InChI is InChI=1S/C15H28N2O2/c1-12-4-2-6-14(8-12)17-7-3-5-13(11-17)9-16-10-15(18)19/h12-14,16H,2-11H2,1H3,(H,18,19). The van der Waals surface area contributed by atoms with E-state index in [0.717, 1.165) is 25.0 Å². The van der Waals surface area contributed by atoms with Crippen molar-refractivity contribution in [1.82, 2.24) is 10.2 Å². The topological polar surface area (TPSA) is 52.6 Å². The third kappa shape index (κ3) is 4.77. The van der Waals surface area contributed by atoms with E-state index in [2.05, 4.69) is 17.1 Å². The molecule has 0 aromatic carbocycles. The lowest BCUT2D eigenvalue weighted by Crippen LogP contribution is -2.46. The van der Waals surface area contributed by atoms with Crippen LogP contribution in [0.3, 0.4) is 0 Å². The summed E-state index contributed by atoms with van der Waals surface area (Å²) in [4.78, 5) is 13.2. The third-order valence-corrected chi connectivity index (χ3v) is 4.68. The van der Waals surface area contributed by atoms with E-state index in [9.17, 15) is 4.79 Å². The summed E-state index contributed by atoms with van der Waals surface area (Å²) in [5, 5.41) is 11.7.